The van der Waals surface area contributed by atoms with Crippen LogP contribution in [0.4, 0.5) is 0 Å². The van der Waals surface area contributed by atoms with Crippen LogP contribution in [0.2, 0.25) is 0 Å². The van der Waals surface area contributed by atoms with Gasteiger partial charge in [-0.1, -0.05) is 48.5 Å². The minimum absolute atomic E-state index is 0.240. The first-order valence-corrected chi connectivity index (χ1v) is 9.10. The van der Waals surface area contributed by atoms with Gasteiger partial charge < -0.3 is 9.88 Å². The molecule has 28 heavy (non-hydrogen) atoms. The Hall–Kier alpha value is -3.67. The molecule has 4 rings (SSSR count). The highest BCUT2D eigenvalue weighted by Crippen LogP contribution is 2.21. The Bertz CT molecular complexity index is 1130. The maximum Gasteiger partial charge on any atom is 0.282 e. The molecule has 0 fully saturated rings. The van der Waals surface area contributed by atoms with Crippen LogP contribution in [0.25, 0.3) is 16.9 Å². The first-order chi connectivity index (χ1) is 13.6. The quantitative estimate of drug-likeness (QED) is 0.586. The van der Waals surface area contributed by atoms with E-state index >= 15 is 0 Å². The van der Waals surface area contributed by atoms with Crippen LogP contribution in [0.5, 0.6) is 0 Å². The summed E-state index contributed by atoms with van der Waals surface area (Å²) in [6.07, 6.45) is 4.13. The van der Waals surface area contributed by atoms with Crippen LogP contribution in [0.15, 0.2) is 77.9 Å². The number of amides is 1. The predicted octanol–water partition coefficient (Wildman–Crippen LogP) is 2.65. The van der Waals surface area contributed by atoms with Crippen molar-refractivity contribution in [1.29, 1.82) is 0 Å². The molecular weight excluding hydrogens is 352 g/mol. The topological polar surface area (TPSA) is 68.9 Å². The van der Waals surface area contributed by atoms with Crippen molar-refractivity contribution in [2.45, 2.75) is 6.42 Å². The van der Waals surface area contributed by atoms with Gasteiger partial charge in [0.25, 0.3) is 11.5 Å². The fourth-order valence-electron chi connectivity index (χ4n) is 3.21. The number of nitrogens with one attached hydrogen (secondary N) is 1. The van der Waals surface area contributed by atoms with E-state index in [0.717, 1.165) is 12.0 Å². The highest BCUT2D eigenvalue weighted by atomic mass is 16.2. The van der Waals surface area contributed by atoms with E-state index in [-0.39, 0.29) is 11.5 Å². The van der Waals surface area contributed by atoms with Gasteiger partial charge in [-0.25, -0.2) is 0 Å². The van der Waals surface area contributed by atoms with Crippen LogP contribution >= 0.6 is 0 Å². The molecule has 6 heteroatoms. The molecule has 0 aliphatic carbocycles. The molecule has 0 radical (unpaired) electrons. The Labute approximate surface area is 162 Å². The van der Waals surface area contributed by atoms with Crippen molar-refractivity contribution in [3.63, 3.8) is 0 Å². The van der Waals surface area contributed by atoms with Crippen molar-refractivity contribution in [1.82, 2.24) is 19.7 Å². The number of aryl methyl sites for hydroxylation is 1. The first kappa shape index (κ1) is 17.7. The third-order valence-electron chi connectivity index (χ3n) is 4.59. The number of para-hydroxylation sites is 1. The average molecular weight is 372 g/mol. The normalized spacial score (nSPS) is 10.9. The summed E-state index contributed by atoms with van der Waals surface area (Å²) in [6, 6.07) is 19.2. The second-order valence-electron chi connectivity index (χ2n) is 6.64. The molecular formula is C22H20N4O2. The SMILES string of the molecule is Cn1cc(C(=O)NCCc2ccccc2)c2nn(-c3ccccc3)c(=O)c-2c1. The maximum absolute atomic E-state index is 12.8. The molecule has 6 nitrogen and oxygen atoms in total. The van der Waals surface area contributed by atoms with Gasteiger partial charge in [0.2, 0.25) is 0 Å². The van der Waals surface area contributed by atoms with Gasteiger partial charge in [-0.2, -0.15) is 9.78 Å². The monoisotopic (exact) mass is 372 g/mol. The molecule has 2 aliphatic rings. The number of carbonyl (C=O) groups excluding carboxylic acids is 1. The number of aromatic nitrogens is 3. The summed E-state index contributed by atoms with van der Waals surface area (Å²) in [6.45, 7) is 0.507. The van der Waals surface area contributed by atoms with Gasteiger partial charge >= 0.3 is 0 Å². The smallest absolute Gasteiger partial charge is 0.282 e. The van der Waals surface area contributed by atoms with Gasteiger partial charge in [-0.15, -0.1) is 0 Å². The molecule has 2 aromatic rings. The van der Waals surface area contributed by atoms with Crippen LogP contribution in [0.3, 0.4) is 0 Å². The summed E-state index contributed by atoms with van der Waals surface area (Å²) in [7, 11) is 1.79. The van der Waals surface area contributed by atoms with Gasteiger partial charge in [0, 0.05) is 26.0 Å². The van der Waals surface area contributed by atoms with E-state index in [4.69, 9.17) is 0 Å². The average Bonchev–Trinajstić information content (AvgIpc) is 3.05. The van der Waals surface area contributed by atoms with Gasteiger partial charge in [-0.05, 0) is 24.1 Å². The van der Waals surface area contributed by atoms with E-state index in [1.807, 2.05) is 60.7 Å². The zero-order chi connectivity index (χ0) is 19.5. The summed E-state index contributed by atoms with van der Waals surface area (Å²) >= 11 is 0. The highest BCUT2D eigenvalue weighted by Gasteiger charge is 2.23. The second kappa shape index (κ2) is 7.52. The second-order valence-corrected chi connectivity index (χ2v) is 6.64. The van der Waals surface area contributed by atoms with Gasteiger partial charge in [-0.3, -0.25) is 9.59 Å². The molecule has 2 heterocycles. The molecule has 0 atom stereocenters. The molecule has 0 unspecified atom stereocenters. The van der Waals surface area contributed by atoms with E-state index in [9.17, 15) is 9.59 Å². The fraction of sp³-hybridized carbons (Fsp3) is 0.136. The largest absolute Gasteiger partial charge is 0.356 e. The molecule has 140 valence electrons. The molecule has 2 aromatic carbocycles. The Kier molecular flexibility index (Phi) is 4.76. The van der Waals surface area contributed by atoms with Crippen LogP contribution in [-0.2, 0) is 13.5 Å². The number of carbonyl (C=O) groups is 1. The summed E-state index contributed by atoms with van der Waals surface area (Å²) < 4.78 is 3.05. The highest BCUT2D eigenvalue weighted by molar-refractivity contribution is 5.99. The van der Waals surface area contributed by atoms with Crippen LogP contribution < -0.4 is 10.9 Å². The molecule has 2 aliphatic heterocycles. The third-order valence-corrected chi connectivity index (χ3v) is 4.59. The molecule has 0 saturated heterocycles. The van der Waals surface area contributed by atoms with Crippen molar-refractivity contribution in [2.24, 2.45) is 7.05 Å². The van der Waals surface area contributed by atoms with E-state index in [1.165, 1.54) is 4.68 Å². The Morgan fingerprint density at radius 1 is 1.00 bits per heavy atom. The molecule has 1 amide bonds. The number of fused-ring (bicyclic) bond motifs is 1. The van der Waals surface area contributed by atoms with E-state index in [0.29, 0.717) is 29.1 Å². The molecule has 0 bridgehead atoms. The standard InChI is InChI=1S/C22H20N4O2/c1-25-14-18(21(27)23-13-12-16-8-4-2-5-9-16)20-19(15-25)22(28)26(24-20)17-10-6-3-7-11-17/h2-11,14-15H,12-13H2,1H3,(H,23,27). The maximum atomic E-state index is 12.8. The van der Waals surface area contributed by atoms with Gasteiger partial charge in [0.15, 0.2) is 0 Å². The fourth-order valence-corrected chi connectivity index (χ4v) is 3.21. The zero-order valence-corrected chi connectivity index (χ0v) is 15.5. The summed E-state index contributed by atoms with van der Waals surface area (Å²) in [5, 5.41) is 7.37. The Morgan fingerprint density at radius 3 is 2.39 bits per heavy atom. The lowest BCUT2D eigenvalue weighted by Crippen LogP contribution is -2.27. The molecule has 1 N–H and O–H groups in total. The van der Waals surface area contributed by atoms with E-state index < -0.39 is 0 Å². The van der Waals surface area contributed by atoms with Crippen molar-refractivity contribution in [3.8, 4) is 16.9 Å². The van der Waals surface area contributed by atoms with Crippen molar-refractivity contribution >= 4 is 5.91 Å². The number of nitrogens with zero attached hydrogens (tertiary/aromatic N) is 3. The van der Waals surface area contributed by atoms with E-state index in [1.54, 1.807) is 24.0 Å². The number of benzene rings is 2. The third kappa shape index (κ3) is 3.44. The Balaban J connectivity index is 1.63. The lowest BCUT2D eigenvalue weighted by atomic mass is 10.1. The number of hydrogen-bond donors (Lipinski definition) is 1. The Morgan fingerprint density at radius 2 is 1.68 bits per heavy atom. The van der Waals surface area contributed by atoms with Crippen molar-refractivity contribution in [3.05, 3.63) is 94.5 Å². The number of pyridine rings is 1. The van der Waals surface area contributed by atoms with Gasteiger partial charge in [0.1, 0.15) is 5.69 Å². The van der Waals surface area contributed by atoms with Crippen molar-refractivity contribution < 1.29 is 4.79 Å². The molecule has 0 aromatic heterocycles. The summed E-state index contributed by atoms with van der Waals surface area (Å²) in [5.74, 6) is -0.241. The summed E-state index contributed by atoms with van der Waals surface area (Å²) in [4.78, 5) is 25.6. The zero-order valence-electron chi connectivity index (χ0n) is 15.5. The lowest BCUT2D eigenvalue weighted by Gasteiger charge is -2.10. The van der Waals surface area contributed by atoms with Crippen LogP contribution in [0.1, 0.15) is 15.9 Å². The predicted molar refractivity (Wildman–Crippen MR) is 108 cm³/mol. The van der Waals surface area contributed by atoms with E-state index in [2.05, 4.69) is 10.4 Å². The molecule has 0 saturated carbocycles. The minimum Gasteiger partial charge on any atom is -0.356 e. The summed E-state index contributed by atoms with van der Waals surface area (Å²) in [5.41, 5.74) is 2.80. The number of rotatable bonds is 5. The first-order valence-electron chi connectivity index (χ1n) is 9.10. The van der Waals surface area contributed by atoms with Crippen molar-refractivity contribution in [2.75, 3.05) is 6.54 Å². The molecule has 0 spiro atoms. The number of hydrogen-bond acceptors (Lipinski definition) is 3. The van der Waals surface area contributed by atoms with Crippen LogP contribution in [0, 0.1) is 0 Å². The lowest BCUT2D eigenvalue weighted by molar-refractivity contribution is 0.0953. The minimum atomic E-state index is -0.241. The van der Waals surface area contributed by atoms with Crippen LogP contribution in [-0.4, -0.2) is 26.8 Å². The van der Waals surface area contributed by atoms with Gasteiger partial charge in [0.05, 0.1) is 16.8 Å².